The molecule has 0 radical (unpaired) electrons. The molecule has 16 heavy (non-hydrogen) atoms. The van der Waals surface area contributed by atoms with Gasteiger partial charge < -0.3 is 4.74 Å². The van der Waals surface area contributed by atoms with Gasteiger partial charge in [-0.2, -0.15) is 0 Å². The smallest absolute Gasteiger partial charge is 0.106 e. The fourth-order valence-electron chi connectivity index (χ4n) is 2.07. The van der Waals surface area contributed by atoms with E-state index < -0.39 is 0 Å². The molecule has 1 heterocycles. The average Bonchev–Trinajstić information content (AvgIpc) is 2.79. The molecular weight excluding hydrogens is 198 g/mol. The summed E-state index contributed by atoms with van der Waals surface area (Å²) >= 11 is 0. The van der Waals surface area contributed by atoms with E-state index in [1.54, 1.807) is 7.11 Å². The van der Waals surface area contributed by atoms with Crippen LogP contribution in [0.25, 0.3) is 0 Å². The predicted octanol–water partition coefficient (Wildman–Crippen LogP) is 3.35. The SMILES string of the molecule is COC(C1=CN=CC1)c1cccc(C)c1C. The van der Waals surface area contributed by atoms with Crippen molar-refractivity contribution in [2.45, 2.75) is 26.4 Å². The third-order valence-corrected chi connectivity index (χ3v) is 3.17. The minimum absolute atomic E-state index is 0.0439. The number of hydrogen-bond acceptors (Lipinski definition) is 2. The van der Waals surface area contributed by atoms with Crippen LogP contribution < -0.4 is 0 Å². The van der Waals surface area contributed by atoms with Crippen LogP contribution in [0.2, 0.25) is 0 Å². The van der Waals surface area contributed by atoms with E-state index in [0.717, 1.165) is 6.42 Å². The van der Waals surface area contributed by atoms with Crippen molar-refractivity contribution in [3.8, 4) is 0 Å². The van der Waals surface area contributed by atoms with E-state index in [0.29, 0.717) is 0 Å². The number of ether oxygens (including phenoxy) is 1. The predicted molar refractivity (Wildman–Crippen MR) is 66.9 cm³/mol. The molecule has 0 fully saturated rings. The van der Waals surface area contributed by atoms with E-state index in [2.05, 4.69) is 37.0 Å². The number of benzene rings is 1. The Morgan fingerprint density at radius 2 is 2.12 bits per heavy atom. The minimum Gasteiger partial charge on any atom is -0.372 e. The lowest BCUT2D eigenvalue weighted by atomic mass is 9.94. The second-order valence-electron chi connectivity index (χ2n) is 4.14. The summed E-state index contributed by atoms with van der Waals surface area (Å²) < 4.78 is 5.61. The summed E-state index contributed by atoms with van der Waals surface area (Å²) in [7, 11) is 1.76. The molecule has 1 unspecified atom stereocenters. The van der Waals surface area contributed by atoms with Crippen molar-refractivity contribution in [2.24, 2.45) is 4.99 Å². The van der Waals surface area contributed by atoms with Gasteiger partial charge in [-0.25, -0.2) is 0 Å². The van der Waals surface area contributed by atoms with Gasteiger partial charge >= 0.3 is 0 Å². The fourth-order valence-corrected chi connectivity index (χ4v) is 2.07. The lowest BCUT2D eigenvalue weighted by Crippen LogP contribution is -2.07. The third kappa shape index (κ3) is 1.93. The van der Waals surface area contributed by atoms with Crippen LogP contribution in [0, 0.1) is 13.8 Å². The molecule has 1 aromatic carbocycles. The highest BCUT2D eigenvalue weighted by atomic mass is 16.5. The summed E-state index contributed by atoms with van der Waals surface area (Å²) in [5.41, 5.74) is 5.09. The van der Waals surface area contributed by atoms with Gasteiger partial charge in [0.05, 0.1) is 0 Å². The molecule has 0 N–H and O–H groups in total. The monoisotopic (exact) mass is 215 g/mol. The van der Waals surface area contributed by atoms with Gasteiger partial charge in [-0.3, -0.25) is 4.99 Å². The van der Waals surface area contributed by atoms with Crippen LogP contribution in [0.1, 0.15) is 29.2 Å². The highest BCUT2D eigenvalue weighted by molar-refractivity contribution is 5.66. The molecule has 1 atom stereocenters. The zero-order valence-corrected chi connectivity index (χ0v) is 10.0. The molecule has 1 aliphatic rings. The molecule has 0 saturated heterocycles. The van der Waals surface area contributed by atoms with Gasteiger partial charge in [0, 0.05) is 25.9 Å². The quantitative estimate of drug-likeness (QED) is 0.757. The Bertz CT molecular complexity index is 446. The van der Waals surface area contributed by atoms with E-state index in [1.807, 2.05) is 12.4 Å². The largest absolute Gasteiger partial charge is 0.372 e. The first-order valence-electron chi connectivity index (χ1n) is 5.53. The third-order valence-electron chi connectivity index (χ3n) is 3.17. The first-order valence-corrected chi connectivity index (χ1v) is 5.53. The molecule has 2 rings (SSSR count). The van der Waals surface area contributed by atoms with Crippen molar-refractivity contribution in [1.29, 1.82) is 0 Å². The van der Waals surface area contributed by atoms with Crippen LogP contribution in [-0.4, -0.2) is 13.3 Å². The number of rotatable bonds is 3. The molecule has 2 heteroatoms. The number of hydrogen-bond donors (Lipinski definition) is 0. The standard InChI is InChI=1S/C14H17NO/c1-10-5-4-6-13(11(10)2)14(16-3)12-7-8-15-9-12/h4-6,8-9,14H,7H2,1-3H3. The van der Waals surface area contributed by atoms with Gasteiger partial charge in [0.15, 0.2) is 0 Å². The summed E-state index contributed by atoms with van der Waals surface area (Å²) in [6.07, 6.45) is 4.77. The molecular formula is C14H17NO. The summed E-state index contributed by atoms with van der Waals surface area (Å²) in [6, 6.07) is 6.35. The molecule has 1 aliphatic heterocycles. The first kappa shape index (κ1) is 11.1. The van der Waals surface area contributed by atoms with Crippen molar-refractivity contribution in [3.63, 3.8) is 0 Å². The van der Waals surface area contributed by atoms with Crippen LogP contribution in [0.3, 0.4) is 0 Å². The van der Waals surface area contributed by atoms with Crippen molar-refractivity contribution < 1.29 is 4.74 Å². The van der Waals surface area contributed by atoms with Crippen LogP contribution in [0.4, 0.5) is 0 Å². The van der Waals surface area contributed by atoms with Crippen molar-refractivity contribution in [1.82, 2.24) is 0 Å². The number of nitrogens with zero attached hydrogens (tertiary/aromatic N) is 1. The van der Waals surface area contributed by atoms with Crippen molar-refractivity contribution in [2.75, 3.05) is 7.11 Å². The zero-order chi connectivity index (χ0) is 11.5. The highest BCUT2D eigenvalue weighted by Gasteiger charge is 2.19. The van der Waals surface area contributed by atoms with Gasteiger partial charge in [0.1, 0.15) is 6.10 Å². The first-order chi connectivity index (χ1) is 7.74. The Morgan fingerprint density at radius 3 is 2.75 bits per heavy atom. The lowest BCUT2D eigenvalue weighted by Gasteiger charge is -2.19. The summed E-state index contributed by atoms with van der Waals surface area (Å²) in [5, 5.41) is 0. The second kappa shape index (κ2) is 4.62. The Morgan fingerprint density at radius 1 is 1.31 bits per heavy atom. The summed E-state index contributed by atoms with van der Waals surface area (Å²) in [6.45, 7) is 4.28. The lowest BCUT2D eigenvalue weighted by molar-refractivity contribution is 0.131. The van der Waals surface area contributed by atoms with Crippen LogP contribution in [0.15, 0.2) is 35.0 Å². The molecule has 0 bridgehead atoms. The Hall–Kier alpha value is -1.41. The van der Waals surface area contributed by atoms with E-state index in [-0.39, 0.29) is 6.10 Å². The normalized spacial score (nSPS) is 16.3. The fraction of sp³-hybridized carbons (Fsp3) is 0.357. The zero-order valence-electron chi connectivity index (χ0n) is 10.0. The molecule has 1 aromatic rings. The molecule has 0 aromatic heterocycles. The van der Waals surface area contributed by atoms with E-state index in [9.17, 15) is 0 Å². The van der Waals surface area contributed by atoms with Crippen molar-refractivity contribution >= 4 is 6.21 Å². The van der Waals surface area contributed by atoms with Gasteiger partial charge in [0.25, 0.3) is 0 Å². The van der Waals surface area contributed by atoms with Gasteiger partial charge in [0.2, 0.25) is 0 Å². The summed E-state index contributed by atoms with van der Waals surface area (Å²) in [5.74, 6) is 0. The minimum atomic E-state index is 0.0439. The topological polar surface area (TPSA) is 21.6 Å². The Kier molecular flexibility index (Phi) is 3.20. The molecule has 0 spiro atoms. The van der Waals surface area contributed by atoms with Gasteiger partial charge in [-0.05, 0) is 36.1 Å². The molecule has 84 valence electrons. The van der Waals surface area contributed by atoms with Crippen molar-refractivity contribution in [3.05, 3.63) is 46.7 Å². The van der Waals surface area contributed by atoms with Crippen LogP contribution in [0.5, 0.6) is 0 Å². The molecule has 0 amide bonds. The van der Waals surface area contributed by atoms with Crippen LogP contribution in [-0.2, 0) is 4.74 Å². The second-order valence-corrected chi connectivity index (χ2v) is 4.14. The molecule has 0 aliphatic carbocycles. The average molecular weight is 215 g/mol. The maximum Gasteiger partial charge on any atom is 0.106 e. The maximum atomic E-state index is 5.61. The highest BCUT2D eigenvalue weighted by Crippen LogP contribution is 2.31. The molecule has 2 nitrogen and oxygen atoms in total. The summed E-state index contributed by atoms with van der Waals surface area (Å²) in [4.78, 5) is 4.14. The van der Waals surface area contributed by atoms with Gasteiger partial charge in [-0.1, -0.05) is 18.2 Å². The number of aryl methyl sites for hydroxylation is 1. The Labute approximate surface area is 96.7 Å². The number of aliphatic imine (C=N–C) groups is 1. The van der Waals surface area contributed by atoms with E-state index in [4.69, 9.17) is 4.74 Å². The Balaban J connectivity index is 2.37. The maximum absolute atomic E-state index is 5.61. The van der Waals surface area contributed by atoms with Gasteiger partial charge in [-0.15, -0.1) is 0 Å². The van der Waals surface area contributed by atoms with E-state index in [1.165, 1.54) is 22.3 Å². The number of methoxy groups -OCH3 is 1. The van der Waals surface area contributed by atoms with Crippen LogP contribution >= 0.6 is 0 Å². The van der Waals surface area contributed by atoms with E-state index >= 15 is 0 Å². The molecule has 0 saturated carbocycles.